The van der Waals surface area contributed by atoms with Crippen molar-refractivity contribution in [1.29, 1.82) is 0 Å². The van der Waals surface area contributed by atoms with E-state index in [0.717, 1.165) is 32.5 Å². The molecule has 45 heavy (non-hydrogen) atoms. The molecule has 0 aromatic heterocycles. The quantitative estimate of drug-likeness (QED) is 0.151. The first kappa shape index (κ1) is 36.4. The molecular weight excluding hydrogens is 704 g/mol. The van der Waals surface area contributed by atoms with Crippen LogP contribution in [0.5, 0.6) is 0 Å². The Labute approximate surface area is 316 Å². The molecule has 0 aliphatic carbocycles. The first-order chi connectivity index (χ1) is 20.4. The number of allylic oxidation sites excluding steroid dienone is 6. The van der Waals surface area contributed by atoms with Gasteiger partial charge < -0.3 is 14.0 Å². The van der Waals surface area contributed by atoms with Crippen molar-refractivity contribution in [2.24, 2.45) is 0 Å². The van der Waals surface area contributed by atoms with Crippen molar-refractivity contribution >= 4 is 64.0 Å². The van der Waals surface area contributed by atoms with Crippen molar-refractivity contribution in [2.45, 2.75) is 49.8 Å². The molecule has 3 aromatic rings. The van der Waals surface area contributed by atoms with E-state index in [0.29, 0.717) is 11.9 Å². The average molecular weight is 738 g/mol. The number of fused-ring (bicyclic) bond motifs is 4. The Morgan fingerprint density at radius 2 is 1.67 bits per heavy atom. The van der Waals surface area contributed by atoms with Gasteiger partial charge in [0.25, 0.3) is 0 Å². The van der Waals surface area contributed by atoms with Crippen molar-refractivity contribution in [3.05, 3.63) is 100 Å². The Morgan fingerprint density at radius 3 is 2.31 bits per heavy atom. The van der Waals surface area contributed by atoms with Gasteiger partial charge in [0.1, 0.15) is 17.2 Å². The second-order valence-corrected chi connectivity index (χ2v) is 16.0. The van der Waals surface area contributed by atoms with Gasteiger partial charge >= 0.3 is 51.4 Å². The number of anilines is 1. The van der Waals surface area contributed by atoms with E-state index in [1.54, 1.807) is 12.1 Å². The maximum absolute atomic E-state index is 11.7. The summed E-state index contributed by atoms with van der Waals surface area (Å²) in [6, 6.07) is 16.3. The van der Waals surface area contributed by atoms with Crippen LogP contribution in [0.2, 0.25) is 0 Å². The molecule has 0 saturated carbocycles. The molecule has 0 N–H and O–H groups in total. The van der Waals surface area contributed by atoms with Crippen molar-refractivity contribution in [3.63, 3.8) is 0 Å². The minimum atomic E-state index is -4.62. The first-order valence-corrected chi connectivity index (χ1v) is 17.9. The molecule has 5 rings (SSSR count). The summed E-state index contributed by atoms with van der Waals surface area (Å²) in [6.07, 6.45) is 8.15. The third kappa shape index (κ3) is 7.20. The first-order valence-electron chi connectivity index (χ1n) is 14.1. The summed E-state index contributed by atoms with van der Waals surface area (Å²) in [6.45, 7) is 8.78. The van der Waals surface area contributed by atoms with E-state index in [1.807, 2.05) is 49.1 Å². The van der Waals surface area contributed by atoms with Crippen LogP contribution in [-0.2, 0) is 31.1 Å². The van der Waals surface area contributed by atoms with Crippen molar-refractivity contribution < 1.29 is 81.9 Å². The maximum atomic E-state index is 11.7. The zero-order chi connectivity index (χ0) is 32.2. The van der Waals surface area contributed by atoms with Crippen LogP contribution in [0.25, 0.3) is 10.8 Å². The summed E-state index contributed by atoms with van der Waals surface area (Å²) < 4.78 is 72.2. The van der Waals surface area contributed by atoms with Gasteiger partial charge in [-0.05, 0) is 73.0 Å². The fourth-order valence-corrected chi connectivity index (χ4v) is 7.79. The fourth-order valence-electron chi connectivity index (χ4n) is 6.54. The number of para-hydroxylation sites is 1. The van der Waals surface area contributed by atoms with Crippen LogP contribution in [0, 0.1) is 0 Å². The van der Waals surface area contributed by atoms with Gasteiger partial charge in [0.15, 0.2) is 5.71 Å². The topological polar surface area (TPSA) is 121 Å². The van der Waals surface area contributed by atoms with E-state index in [-0.39, 0.29) is 68.1 Å². The molecule has 12 heteroatoms. The Morgan fingerprint density at radius 1 is 0.978 bits per heavy atom. The summed E-state index contributed by atoms with van der Waals surface area (Å²) in [5.74, 6) is -0.489. The zero-order valence-corrected chi connectivity index (χ0v) is 32.5. The normalized spacial score (nSPS) is 18.5. The van der Waals surface area contributed by atoms with Gasteiger partial charge in [-0.2, -0.15) is 4.58 Å². The average Bonchev–Trinajstić information content (AvgIpc) is 3.27. The molecule has 232 valence electrons. The molecule has 0 spiro atoms. The summed E-state index contributed by atoms with van der Waals surface area (Å²) in [7, 11) is -6.95. The van der Waals surface area contributed by atoms with E-state index in [4.69, 9.17) is 0 Å². The molecule has 2 aliphatic rings. The number of hydrogen-bond acceptors (Lipinski definition) is 7. The monoisotopic (exact) mass is 736 g/mol. The summed E-state index contributed by atoms with van der Waals surface area (Å²) in [4.78, 5) is 1.71. The van der Waals surface area contributed by atoms with Gasteiger partial charge in [-0.1, -0.05) is 60.1 Å². The smallest absolute Gasteiger partial charge is 0.748 e. The van der Waals surface area contributed by atoms with Gasteiger partial charge in [-0.3, -0.25) is 0 Å². The molecule has 0 fully saturated rings. The van der Waals surface area contributed by atoms with Gasteiger partial charge in [-0.25, -0.2) is 16.8 Å². The van der Waals surface area contributed by atoms with Gasteiger partial charge in [0.05, 0.1) is 20.4 Å². The number of hydrogen-bond donors (Lipinski definition) is 0. The predicted molar refractivity (Wildman–Crippen MR) is 176 cm³/mol. The number of halogens is 1. The van der Waals surface area contributed by atoms with E-state index in [1.165, 1.54) is 23.4 Å². The number of benzene rings is 3. The van der Waals surface area contributed by atoms with Gasteiger partial charge in [-0.15, -0.1) is 0 Å². The van der Waals surface area contributed by atoms with E-state index in [9.17, 15) is 25.9 Å². The molecule has 2 aliphatic heterocycles. The maximum Gasteiger partial charge on any atom is 1.00 e. The second-order valence-electron chi connectivity index (χ2n) is 12.2. The van der Waals surface area contributed by atoms with Crippen LogP contribution in [0.4, 0.5) is 11.4 Å². The van der Waals surface area contributed by atoms with Crippen LogP contribution < -0.4 is 56.3 Å². The van der Waals surface area contributed by atoms with Crippen LogP contribution >= 0.6 is 15.9 Å². The molecule has 2 heterocycles. The van der Waals surface area contributed by atoms with Gasteiger partial charge in [0.2, 0.25) is 5.69 Å². The Kier molecular flexibility index (Phi) is 10.7. The number of rotatable bonds is 8. The minimum absolute atomic E-state index is 0. The third-order valence-corrected chi connectivity index (χ3v) is 10.8. The molecule has 0 radical (unpaired) electrons. The van der Waals surface area contributed by atoms with Crippen molar-refractivity contribution in [2.75, 3.05) is 24.2 Å². The fraction of sp³-hybridized carbons (Fsp3) is 0.303. The molecule has 0 atom stereocenters. The molecule has 8 nitrogen and oxygen atoms in total. The van der Waals surface area contributed by atoms with E-state index >= 15 is 0 Å². The van der Waals surface area contributed by atoms with Gasteiger partial charge in [0, 0.05) is 51.3 Å². The standard InChI is InChI=1S/C33H35BrN2O6S2.K/c1-32(2)26-9-6-7-10-27(26)35(5)29(32)17-12-23(34)13-18-30-33(3,4)31-25-15-14-24(44(40,41)42)21-22(25)11-16-28(31)36(30)19-8-20-43(37,38)39;/h6-7,9-18,21H,8,19-20H2,1-5H3,(H-,37,38,39,40,41,42);/q;+1/p-1. The van der Waals surface area contributed by atoms with Crippen LogP contribution in [0.1, 0.15) is 45.2 Å². The summed E-state index contributed by atoms with van der Waals surface area (Å²) >= 11 is 3.70. The SMILES string of the molecule is C[N+]1=C(C=CC(Br)=CC=C2N(CCCS(=O)(=O)[O-])c3ccc4cc(S(=O)(=O)[O-])ccc4c3C2(C)C)C(C)(C)c2ccccc21.[K+]. The molecule has 0 unspecified atom stereocenters. The third-order valence-electron chi connectivity index (χ3n) is 8.62. The Bertz CT molecular complexity index is 2030. The van der Waals surface area contributed by atoms with Crippen molar-refractivity contribution in [1.82, 2.24) is 0 Å². The molecule has 0 saturated heterocycles. The Balaban J connectivity index is 0.00000461. The predicted octanol–water partition coefficient (Wildman–Crippen LogP) is 3.21. The minimum Gasteiger partial charge on any atom is -0.748 e. The summed E-state index contributed by atoms with van der Waals surface area (Å²) in [5, 5.41) is 1.40. The Hall–Kier alpha value is -1.45. The van der Waals surface area contributed by atoms with Crippen LogP contribution in [0.3, 0.4) is 0 Å². The van der Waals surface area contributed by atoms with Crippen LogP contribution in [-0.4, -0.2) is 55.6 Å². The zero-order valence-electron chi connectivity index (χ0n) is 26.2. The molecule has 3 aromatic carbocycles. The van der Waals surface area contributed by atoms with E-state index in [2.05, 4.69) is 65.7 Å². The molecule has 0 bridgehead atoms. The summed E-state index contributed by atoms with van der Waals surface area (Å²) in [5.41, 5.74) is 5.46. The molecule has 0 amide bonds. The number of nitrogens with zero attached hydrogens (tertiary/aromatic N) is 2. The van der Waals surface area contributed by atoms with E-state index < -0.39 is 31.4 Å². The second kappa shape index (κ2) is 13.2. The largest absolute Gasteiger partial charge is 1.00 e. The van der Waals surface area contributed by atoms with Crippen molar-refractivity contribution in [3.8, 4) is 0 Å². The van der Waals surface area contributed by atoms with Crippen LogP contribution in [0.15, 0.2) is 94.0 Å². The molecular formula is C33H34BrKN2O6S2.